The third-order valence-electron chi connectivity index (χ3n) is 3.12. The van der Waals surface area contributed by atoms with E-state index in [9.17, 15) is 4.79 Å². The minimum atomic E-state index is -0.308. The van der Waals surface area contributed by atoms with Crippen LogP contribution in [-0.4, -0.2) is 20.1 Å². The van der Waals surface area contributed by atoms with Crippen molar-refractivity contribution in [1.82, 2.24) is 5.32 Å². The van der Waals surface area contributed by atoms with Crippen LogP contribution in [0.1, 0.15) is 15.9 Å². The van der Waals surface area contributed by atoms with Crippen LogP contribution >= 0.6 is 23.2 Å². The molecular weight excluding hydrogens is 325 g/mol. The summed E-state index contributed by atoms with van der Waals surface area (Å²) in [5, 5.41) is 3.37. The molecule has 1 amide bonds. The number of amides is 1. The van der Waals surface area contributed by atoms with Gasteiger partial charge in [0, 0.05) is 12.1 Å². The molecule has 1 N–H and O–H groups in total. The first kappa shape index (κ1) is 16.5. The molecule has 2 aromatic rings. The largest absolute Gasteiger partial charge is 0.493 e. The van der Waals surface area contributed by atoms with Gasteiger partial charge in [-0.05, 0) is 18.2 Å². The molecule has 0 aliphatic rings. The Morgan fingerprint density at radius 2 is 1.82 bits per heavy atom. The molecule has 22 heavy (non-hydrogen) atoms. The van der Waals surface area contributed by atoms with Crippen molar-refractivity contribution in [3.05, 3.63) is 57.6 Å². The second kappa shape index (κ2) is 7.38. The SMILES string of the molecule is COc1cccc(CNC(=O)c2cccc(Cl)c2Cl)c1OC. The molecular formula is C16H15Cl2NO3. The molecule has 0 saturated carbocycles. The quantitative estimate of drug-likeness (QED) is 0.897. The summed E-state index contributed by atoms with van der Waals surface area (Å²) in [5.74, 6) is 0.884. The maximum Gasteiger partial charge on any atom is 0.253 e. The van der Waals surface area contributed by atoms with Gasteiger partial charge in [-0.15, -0.1) is 0 Å². The van der Waals surface area contributed by atoms with Crippen LogP contribution in [0.15, 0.2) is 36.4 Å². The Bertz CT molecular complexity index is 689. The van der Waals surface area contributed by atoms with Crippen molar-refractivity contribution in [2.45, 2.75) is 6.54 Å². The molecule has 6 heteroatoms. The molecule has 116 valence electrons. The number of hydrogen-bond donors (Lipinski definition) is 1. The smallest absolute Gasteiger partial charge is 0.253 e. The summed E-state index contributed by atoms with van der Waals surface area (Å²) >= 11 is 12.0. The number of benzene rings is 2. The lowest BCUT2D eigenvalue weighted by Crippen LogP contribution is -2.23. The lowest BCUT2D eigenvalue weighted by molar-refractivity contribution is 0.0950. The Labute approximate surface area is 138 Å². The molecule has 0 radical (unpaired) electrons. The van der Waals surface area contributed by atoms with E-state index in [0.717, 1.165) is 5.56 Å². The van der Waals surface area contributed by atoms with Crippen molar-refractivity contribution in [1.29, 1.82) is 0 Å². The fraction of sp³-hybridized carbons (Fsp3) is 0.188. The highest BCUT2D eigenvalue weighted by Gasteiger charge is 2.14. The molecule has 2 rings (SSSR count). The Morgan fingerprint density at radius 3 is 2.50 bits per heavy atom. The number of nitrogens with one attached hydrogen (secondary N) is 1. The highest BCUT2D eigenvalue weighted by atomic mass is 35.5. The molecule has 0 fully saturated rings. The lowest BCUT2D eigenvalue weighted by Gasteiger charge is -2.13. The molecule has 0 unspecified atom stereocenters. The number of rotatable bonds is 5. The van der Waals surface area contributed by atoms with E-state index in [1.165, 1.54) is 0 Å². The van der Waals surface area contributed by atoms with Crippen molar-refractivity contribution in [3.63, 3.8) is 0 Å². The first-order valence-corrected chi connectivity index (χ1v) is 7.26. The summed E-state index contributed by atoms with van der Waals surface area (Å²) in [4.78, 5) is 12.2. The summed E-state index contributed by atoms with van der Waals surface area (Å²) in [6.07, 6.45) is 0. The average molecular weight is 340 g/mol. The normalized spacial score (nSPS) is 10.2. The number of methoxy groups -OCH3 is 2. The number of para-hydroxylation sites is 1. The third kappa shape index (κ3) is 3.46. The van der Waals surface area contributed by atoms with Crippen LogP contribution in [-0.2, 0) is 6.54 Å². The van der Waals surface area contributed by atoms with Gasteiger partial charge in [0.2, 0.25) is 0 Å². The van der Waals surface area contributed by atoms with Crippen LogP contribution in [0.25, 0.3) is 0 Å². The predicted octanol–water partition coefficient (Wildman–Crippen LogP) is 3.94. The number of ether oxygens (including phenoxy) is 2. The number of halogens is 2. The highest BCUT2D eigenvalue weighted by Crippen LogP contribution is 2.31. The molecule has 4 nitrogen and oxygen atoms in total. The Balaban J connectivity index is 2.16. The molecule has 0 bridgehead atoms. The summed E-state index contributed by atoms with van der Waals surface area (Å²) in [6, 6.07) is 10.4. The Morgan fingerprint density at radius 1 is 1.09 bits per heavy atom. The van der Waals surface area contributed by atoms with Crippen molar-refractivity contribution >= 4 is 29.1 Å². The van der Waals surface area contributed by atoms with Gasteiger partial charge in [-0.25, -0.2) is 0 Å². The van der Waals surface area contributed by atoms with Crippen LogP contribution < -0.4 is 14.8 Å². The predicted molar refractivity (Wildman–Crippen MR) is 87.2 cm³/mol. The van der Waals surface area contributed by atoms with E-state index in [4.69, 9.17) is 32.7 Å². The maximum atomic E-state index is 12.2. The molecule has 0 aromatic heterocycles. The second-order valence-electron chi connectivity index (χ2n) is 4.44. The van der Waals surface area contributed by atoms with E-state index in [-0.39, 0.29) is 17.5 Å². The monoisotopic (exact) mass is 339 g/mol. The fourth-order valence-electron chi connectivity index (χ4n) is 2.04. The molecule has 0 saturated heterocycles. The van der Waals surface area contributed by atoms with E-state index < -0.39 is 0 Å². The highest BCUT2D eigenvalue weighted by molar-refractivity contribution is 6.43. The van der Waals surface area contributed by atoms with Gasteiger partial charge in [0.05, 0.1) is 29.8 Å². The Hall–Kier alpha value is -1.91. The Kier molecular flexibility index (Phi) is 5.52. The zero-order chi connectivity index (χ0) is 16.1. The minimum Gasteiger partial charge on any atom is -0.493 e. The van der Waals surface area contributed by atoms with Gasteiger partial charge in [-0.3, -0.25) is 4.79 Å². The fourth-order valence-corrected chi connectivity index (χ4v) is 2.43. The van der Waals surface area contributed by atoms with Crippen LogP contribution in [0.2, 0.25) is 10.0 Å². The van der Waals surface area contributed by atoms with E-state index >= 15 is 0 Å². The van der Waals surface area contributed by atoms with Gasteiger partial charge in [0.15, 0.2) is 11.5 Å². The van der Waals surface area contributed by atoms with Gasteiger partial charge >= 0.3 is 0 Å². The van der Waals surface area contributed by atoms with Crippen LogP contribution in [0.3, 0.4) is 0 Å². The van der Waals surface area contributed by atoms with E-state index in [0.29, 0.717) is 22.1 Å². The van der Waals surface area contributed by atoms with Crippen LogP contribution in [0.4, 0.5) is 0 Å². The van der Waals surface area contributed by atoms with E-state index in [1.807, 2.05) is 12.1 Å². The molecule has 0 aliphatic carbocycles. The van der Waals surface area contributed by atoms with Gasteiger partial charge in [-0.2, -0.15) is 0 Å². The van der Waals surface area contributed by atoms with Gasteiger partial charge in [0.1, 0.15) is 0 Å². The van der Waals surface area contributed by atoms with Gasteiger partial charge in [0.25, 0.3) is 5.91 Å². The van der Waals surface area contributed by atoms with Crippen LogP contribution in [0.5, 0.6) is 11.5 Å². The first-order valence-electron chi connectivity index (χ1n) is 6.50. The van der Waals surface area contributed by atoms with Crippen molar-refractivity contribution < 1.29 is 14.3 Å². The van der Waals surface area contributed by atoms with Crippen molar-refractivity contribution in [2.24, 2.45) is 0 Å². The van der Waals surface area contributed by atoms with Gasteiger partial charge < -0.3 is 14.8 Å². The van der Waals surface area contributed by atoms with Crippen molar-refractivity contribution in [3.8, 4) is 11.5 Å². The van der Waals surface area contributed by atoms with Crippen molar-refractivity contribution in [2.75, 3.05) is 14.2 Å². The number of carbonyl (C=O) groups is 1. The summed E-state index contributed by atoms with van der Waals surface area (Å²) in [6.45, 7) is 0.280. The molecule has 0 aliphatic heterocycles. The summed E-state index contributed by atoms with van der Waals surface area (Å²) < 4.78 is 10.6. The lowest BCUT2D eigenvalue weighted by atomic mass is 10.1. The standard InChI is InChI=1S/C16H15Cl2NO3/c1-21-13-8-3-5-10(15(13)22-2)9-19-16(20)11-6-4-7-12(17)14(11)18/h3-8H,9H2,1-2H3,(H,19,20). The zero-order valence-corrected chi connectivity index (χ0v) is 13.7. The topological polar surface area (TPSA) is 47.6 Å². The summed E-state index contributed by atoms with van der Waals surface area (Å²) in [7, 11) is 3.11. The van der Waals surface area contributed by atoms with E-state index in [2.05, 4.69) is 5.32 Å². The molecule has 0 spiro atoms. The molecule has 0 atom stereocenters. The average Bonchev–Trinajstić information content (AvgIpc) is 2.54. The minimum absolute atomic E-state index is 0.235. The molecule has 2 aromatic carbocycles. The number of hydrogen-bond acceptors (Lipinski definition) is 3. The van der Waals surface area contributed by atoms with Crippen LogP contribution in [0, 0.1) is 0 Å². The maximum absolute atomic E-state index is 12.2. The number of carbonyl (C=O) groups excluding carboxylic acids is 1. The van der Waals surface area contributed by atoms with E-state index in [1.54, 1.807) is 38.5 Å². The van der Waals surface area contributed by atoms with Gasteiger partial charge in [-0.1, -0.05) is 41.4 Å². The summed E-state index contributed by atoms with van der Waals surface area (Å²) in [5.41, 5.74) is 1.13. The molecule has 0 heterocycles. The zero-order valence-electron chi connectivity index (χ0n) is 12.2. The third-order valence-corrected chi connectivity index (χ3v) is 3.94. The first-order chi connectivity index (χ1) is 10.6. The second-order valence-corrected chi connectivity index (χ2v) is 5.22.